The number of amides is 1. The molecule has 1 saturated heterocycles. The maximum Gasteiger partial charge on any atom is 0.272 e. The van der Waals surface area contributed by atoms with Gasteiger partial charge in [-0.15, -0.1) is 0 Å². The number of likely N-dealkylation sites (tertiary alicyclic amines) is 1. The van der Waals surface area contributed by atoms with Gasteiger partial charge in [0, 0.05) is 25.7 Å². The van der Waals surface area contributed by atoms with Crippen LogP contribution in [0, 0.1) is 13.8 Å². The van der Waals surface area contributed by atoms with Gasteiger partial charge in [-0.3, -0.25) is 14.2 Å². The monoisotopic (exact) mass is 335 g/mol. The average molecular weight is 336 g/mol. The highest BCUT2D eigenvalue weighted by Crippen LogP contribution is 2.38. The Morgan fingerprint density at radius 3 is 2.74 bits per heavy atom. The van der Waals surface area contributed by atoms with E-state index in [2.05, 4.69) is 10.2 Å². The molecule has 1 fully saturated rings. The van der Waals surface area contributed by atoms with Crippen LogP contribution in [0.1, 0.15) is 53.2 Å². The molecule has 0 spiro atoms. The Hall–Kier alpha value is -1.82. The second-order valence-electron chi connectivity index (χ2n) is 6.06. The first kappa shape index (κ1) is 16.1. The van der Waals surface area contributed by atoms with Crippen molar-refractivity contribution in [3.8, 4) is 0 Å². The molecular weight excluding hydrogens is 314 g/mol. The number of aromatic nitrogens is 4. The largest absolute Gasteiger partial charge is 0.330 e. The fourth-order valence-electron chi connectivity index (χ4n) is 3.44. The summed E-state index contributed by atoms with van der Waals surface area (Å²) in [7, 11) is 1.83. The number of carbonyl (C=O) groups excluding carboxylic acids is 1. The van der Waals surface area contributed by atoms with Crippen molar-refractivity contribution in [2.24, 2.45) is 7.05 Å². The molecule has 1 aliphatic rings. The zero-order valence-electron chi connectivity index (χ0n) is 14.0. The molecule has 0 radical (unpaired) electrons. The molecule has 3 rings (SSSR count). The van der Waals surface area contributed by atoms with E-state index in [1.165, 1.54) is 0 Å². The van der Waals surface area contributed by atoms with Gasteiger partial charge in [0.2, 0.25) is 0 Å². The summed E-state index contributed by atoms with van der Waals surface area (Å²) in [6.07, 6.45) is 1.89. The summed E-state index contributed by atoms with van der Waals surface area (Å²) < 4.78 is 3.44. The zero-order valence-corrected chi connectivity index (χ0v) is 14.8. The Kier molecular flexibility index (Phi) is 4.19. The fraction of sp³-hybridized carbons (Fsp3) is 0.562. The first-order valence-electron chi connectivity index (χ1n) is 7.98. The molecule has 2 aromatic heterocycles. The first-order valence-corrected chi connectivity index (χ1v) is 8.36. The van der Waals surface area contributed by atoms with E-state index in [0.29, 0.717) is 17.4 Å². The third kappa shape index (κ3) is 2.65. The Morgan fingerprint density at radius 2 is 2.13 bits per heavy atom. The Labute approximate surface area is 141 Å². The number of carbonyl (C=O) groups is 1. The zero-order chi connectivity index (χ0) is 16.7. The predicted molar refractivity (Wildman–Crippen MR) is 88.6 cm³/mol. The summed E-state index contributed by atoms with van der Waals surface area (Å²) in [5.41, 5.74) is 3.37. The Balaban J connectivity index is 1.97. The number of halogens is 1. The lowest BCUT2D eigenvalue weighted by Crippen LogP contribution is -2.32. The quantitative estimate of drug-likeness (QED) is 0.866. The number of hydrogen-bond donors (Lipinski definition) is 0. The SMILES string of the molecule is CCn1nc(C)cc1C(=O)N1CCC[C@H]1c1c(C)nn(C)c1Cl. The van der Waals surface area contributed by atoms with Crippen LogP contribution in [0.15, 0.2) is 6.07 Å². The van der Waals surface area contributed by atoms with Crippen molar-refractivity contribution in [2.45, 2.75) is 46.2 Å². The molecule has 0 aromatic carbocycles. The van der Waals surface area contributed by atoms with Crippen LogP contribution >= 0.6 is 11.6 Å². The van der Waals surface area contributed by atoms with Crippen molar-refractivity contribution >= 4 is 17.5 Å². The van der Waals surface area contributed by atoms with Crippen LogP contribution in [-0.2, 0) is 13.6 Å². The Bertz CT molecular complexity index is 748. The van der Waals surface area contributed by atoms with E-state index in [9.17, 15) is 4.79 Å². The van der Waals surface area contributed by atoms with E-state index in [0.717, 1.165) is 36.3 Å². The van der Waals surface area contributed by atoms with E-state index < -0.39 is 0 Å². The predicted octanol–water partition coefficient (Wildman–Crippen LogP) is 2.88. The maximum absolute atomic E-state index is 13.0. The van der Waals surface area contributed by atoms with Gasteiger partial charge in [0.25, 0.3) is 5.91 Å². The van der Waals surface area contributed by atoms with Crippen LogP contribution in [0.5, 0.6) is 0 Å². The second kappa shape index (κ2) is 6.00. The lowest BCUT2D eigenvalue weighted by molar-refractivity contribution is 0.0723. The smallest absolute Gasteiger partial charge is 0.272 e. The molecule has 2 aromatic rings. The van der Waals surface area contributed by atoms with E-state index >= 15 is 0 Å². The van der Waals surface area contributed by atoms with Gasteiger partial charge < -0.3 is 4.90 Å². The van der Waals surface area contributed by atoms with Crippen molar-refractivity contribution in [1.82, 2.24) is 24.5 Å². The number of nitrogens with zero attached hydrogens (tertiary/aromatic N) is 5. The van der Waals surface area contributed by atoms with Gasteiger partial charge in [0.1, 0.15) is 10.8 Å². The molecule has 124 valence electrons. The highest BCUT2D eigenvalue weighted by atomic mass is 35.5. The maximum atomic E-state index is 13.0. The van der Waals surface area contributed by atoms with E-state index in [-0.39, 0.29) is 11.9 Å². The van der Waals surface area contributed by atoms with Crippen molar-refractivity contribution in [1.29, 1.82) is 0 Å². The molecule has 1 aliphatic heterocycles. The third-order valence-corrected chi connectivity index (χ3v) is 4.91. The number of hydrogen-bond acceptors (Lipinski definition) is 3. The standard InChI is InChI=1S/C16H22ClN5O/c1-5-22-13(9-10(2)18-22)16(23)21-8-6-7-12(21)14-11(3)19-20(4)15(14)17/h9,12H,5-8H2,1-4H3/t12-/m0/s1. The minimum absolute atomic E-state index is 0.00999. The molecule has 7 heteroatoms. The number of rotatable bonds is 3. The molecule has 0 N–H and O–H groups in total. The van der Waals surface area contributed by atoms with E-state index in [1.54, 1.807) is 9.36 Å². The van der Waals surface area contributed by atoms with Crippen LogP contribution in [0.3, 0.4) is 0 Å². The molecule has 1 atom stereocenters. The summed E-state index contributed by atoms with van der Waals surface area (Å²) in [5.74, 6) is 0.0225. The van der Waals surface area contributed by atoms with Crippen LogP contribution in [-0.4, -0.2) is 36.9 Å². The van der Waals surface area contributed by atoms with Gasteiger partial charge in [-0.1, -0.05) is 11.6 Å². The van der Waals surface area contributed by atoms with E-state index in [4.69, 9.17) is 11.6 Å². The van der Waals surface area contributed by atoms with E-state index in [1.807, 2.05) is 38.8 Å². The summed E-state index contributed by atoms with van der Waals surface area (Å²) in [6, 6.07) is 1.85. The molecular formula is C16H22ClN5O. The van der Waals surface area contributed by atoms with Gasteiger partial charge >= 0.3 is 0 Å². The van der Waals surface area contributed by atoms with Crippen molar-refractivity contribution < 1.29 is 4.79 Å². The molecule has 23 heavy (non-hydrogen) atoms. The molecule has 1 amide bonds. The molecule has 3 heterocycles. The third-order valence-electron chi connectivity index (χ3n) is 4.46. The molecule has 0 bridgehead atoms. The summed E-state index contributed by atoms with van der Waals surface area (Å²) >= 11 is 6.42. The molecule has 0 saturated carbocycles. The minimum Gasteiger partial charge on any atom is -0.330 e. The number of aryl methyl sites for hydroxylation is 4. The molecule has 0 aliphatic carbocycles. The summed E-state index contributed by atoms with van der Waals surface area (Å²) in [6.45, 7) is 7.27. The minimum atomic E-state index is -0.00999. The highest BCUT2D eigenvalue weighted by Gasteiger charge is 2.35. The first-order chi connectivity index (χ1) is 10.9. The topological polar surface area (TPSA) is 56.0 Å². The van der Waals surface area contributed by atoms with Gasteiger partial charge in [-0.05, 0) is 39.7 Å². The lowest BCUT2D eigenvalue weighted by Gasteiger charge is -2.25. The van der Waals surface area contributed by atoms with Crippen LogP contribution in [0.4, 0.5) is 0 Å². The van der Waals surface area contributed by atoms with Crippen LogP contribution < -0.4 is 0 Å². The van der Waals surface area contributed by atoms with Gasteiger partial charge in [0.15, 0.2) is 0 Å². The van der Waals surface area contributed by atoms with Crippen LogP contribution in [0.25, 0.3) is 0 Å². The molecule has 6 nitrogen and oxygen atoms in total. The van der Waals surface area contributed by atoms with Crippen molar-refractivity contribution in [3.63, 3.8) is 0 Å². The van der Waals surface area contributed by atoms with Gasteiger partial charge in [-0.25, -0.2) is 0 Å². The Morgan fingerprint density at radius 1 is 1.39 bits per heavy atom. The van der Waals surface area contributed by atoms with Crippen LogP contribution in [0.2, 0.25) is 5.15 Å². The summed E-state index contributed by atoms with van der Waals surface area (Å²) in [4.78, 5) is 15.0. The summed E-state index contributed by atoms with van der Waals surface area (Å²) in [5, 5.41) is 9.39. The second-order valence-corrected chi connectivity index (χ2v) is 6.41. The highest BCUT2D eigenvalue weighted by molar-refractivity contribution is 6.30. The van der Waals surface area contributed by atoms with Crippen molar-refractivity contribution in [3.05, 3.63) is 33.9 Å². The lowest BCUT2D eigenvalue weighted by atomic mass is 10.1. The fourth-order valence-corrected chi connectivity index (χ4v) is 3.74. The average Bonchev–Trinajstić information content (AvgIpc) is 3.18. The van der Waals surface area contributed by atoms with Gasteiger partial charge in [0.05, 0.1) is 17.4 Å². The molecule has 0 unspecified atom stereocenters. The normalized spacial score (nSPS) is 18.0. The van der Waals surface area contributed by atoms with Gasteiger partial charge in [-0.2, -0.15) is 10.2 Å². The van der Waals surface area contributed by atoms with Crippen molar-refractivity contribution in [2.75, 3.05) is 6.54 Å².